The number of rotatable bonds is 1. The molecule has 0 aromatic rings. The highest BCUT2D eigenvalue weighted by Crippen LogP contribution is 2.52. The van der Waals surface area contributed by atoms with E-state index in [2.05, 4.69) is 0 Å². The number of alkyl halides is 2. The lowest BCUT2D eigenvalue weighted by Crippen LogP contribution is -2.15. The number of fused-ring (bicyclic) bond motifs is 1. The molecule has 2 rings (SSSR count). The Bertz CT molecular complexity index is 224. The minimum Gasteiger partial charge on any atom is -0.481 e. The van der Waals surface area contributed by atoms with Gasteiger partial charge in [0.05, 0.1) is 5.92 Å². The molecule has 0 aromatic carbocycles. The van der Waals surface area contributed by atoms with Gasteiger partial charge in [0, 0.05) is 12.8 Å². The lowest BCUT2D eigenvalue weighted by atomic mass is 10.0. The molecule has 0 spiro atoms. The van der Waals surface area contributed by atoms with Gasteiger partial charge in [0.2, 0.25) is 5.92 Å². The summed E-state index contributed by atoms with van der Waals surface area (Å²) in [5.41, 5.74) is 0. The van der Waals surface area contributed by atoms with Crippen LogP contribution in [0.1, 0.15) is 25.7 Å². The summed E-state index contributed by atoms with van der Waals surface area (Å²) in [5.74, 6) is -3.81. The second-order valence-corrected chi connectivity index (χ2v) is 4.29. The summed E-state index contributed by atoms with van der Waals surface area (Å²) in [4.78, 5) is 10.6. The molecule has 0 unspecified atom stereocenters. The molecule has 0 aliphatic heterocycles. The van der Waals surface area contributed by atoms with Gasteiger partial charge in [-0.2, -0.15) is 0 Å². The van der Waals surface area contributed by atoms with Crippen molar-refractivity contribution >= 4 is 5.97 Å². The van der Waals surface area contributed by atoms with Gasteiger partial charge >= 0.3 is 5.97 Å². The zero-order valence-corrected chi connectivity index (χ0v) is 7.17. The predicted octanol–water partition coefficient (Wildman–Crippen LogP) is 2.14. The van der Waals surface area contributed by atoms with Crippen molar-refractivity contribution in [2.75, 3.05) is 0 Å². The van der Waals surface area contributed by atoms with Crippen LogP contribution in [0.5, 0.6) is 0 Å². The van der Waals surface area contributed by atoms with Crippen molar-refractivity contribution < 1.29 is 18.7 Å². The fourth-order valence-corrected chi connectivity index (χ4v) is 2.76. The minimum atomic E-state index is -2.53. The average molecular weight is 190 g/mol. The minimum absolute atomic E-state index is 0.0453. The van der Waals surface area contributed by atoms with Crippen LogP contribution in [0, 0.1) is 17.8 Å². The first-order valence-corrected chi connectivity index (χ1v) is 4.58. The summed E-state index contributed by atoms with van der Waals surface area (Å²) in [5, 5.41) is 8.71. The Morgan fingerprint density at radius 3 is 2.08 bits per heavy atom. The third-order valence-corrected chi connectivity index (χ3v) is 3.31. The zero-order chi connectivity index (χ0) is 9.64. The fraction of sp³-hybridized carbons (Fsp3) is 0.889. The van der Waals surface area contributed by atoms with Crippen LogP contribution in [-0.2, 0) is 4.79 Å². The summed E-state index contributed by atoms with van der Waals surface area (Å²) < 4.78 is 25.7. The molecule has 0 bridgehead atoms. The number of carboxylic acid groups (broad SMARTS) is 1. The van der Waals surface area contributed by atoms with E-state index in [1.165, 1.54) is 0 Å². The van der Waals surface area contributed by atoms with Gasteiger partial charge in [0.25, 0.3) is 0 Å². The first-order chi connectivity index (χ1) is 5.98. The lowest BCUT2D eigenvalue weighted by Gasteiger charge is -2.10. The monoisotopic (exact) mass is 190 g/mol. The Morgan fingerprint density at radius 1 is 1.23 bits per heavy atom. The molecule has 1 N–H and O–H groups in total. The first kappa shape index (κ1) is 8.91. The van der Waals surface area contributed by atoms with Crippen molar-refractivity contribution in [2.45, 2.75) is 31.6 Å². The molecule has 2 atom stereocenters. The highest BCUT2D eigenvalue weighted by atomic mass is 19.3. The summed E-state index contributed by atoms with van der Waals surface area (Å²) in [7, 11) is 0. The van der Waals surface area contributed by atoms with E-state index in [1.807, 2.05) is 0 Å². The van der Waals surface area contributed by atoms with Gasteiger partial charge in [-0.1, -0.05) is 0 Å². The van der Waals surface area contributed by atoms with Gasteiger partial charge in [-0.15, -0.1) is 0 Å². The Kier molecular flexibility index (Phi) is 1.82. The number of halogens is 2. The Labute approximate surface area is 74.9 Å². The predicted molar refractivity (Wildman–Crippen MR) is 41.5 cm³/mol. The summed E-state index contributed by atoms with van der Waals surface area (Å²) in [6.07, 6.45) is 0.716. The third-order valence-electron chi connectivity index (χ3n) is 3.31. The smallest absolute Gasteiger partial charge is 0.306 e. The number of carboxylic acids is 1. The summed E-state index contributed by atoms with van der Waals surface area (Å²) >= 11 is 0. The van der Waals surface area contributed by atoms with Gasteiger partial charge in [-0.3, -0.25) is 4.79 Å². The molecule has 2 nitrogen and oxygen atoms in total. The van der Waals surface area contributed by atoms with E-state index in [0.29, 0.717) is 12.8 Å². The molecule has 0 aromatic heterocycles. The van der Waals surface area contributed by atoms with Crippen LogP contribution in [0.25, 0.3) is 0 Å². The van der Waals surface area contributed by atoms with Gasteiger partial charge in [0.1, 0.15) is 0 Å². The lowest BCUT2D eigenvalue weighted by molar-refractivity contribution is -0.142. The number of aliphatic carboxylic acids is 1. The largest absolute Gasteiger partial charge is 0.481 e. The molecule has 2 fully saturated rings. The molecule has 0 radical (unpaired) electrons. The van der Waals surface area contributed by atoms with Gasteiger partial charge in [-0.05, 0) is 24.7 Å². The molecule has 0 saturated heterocycles. The molecule has 2 aliphatic rings. The van der Waals surface area contributed by atoms with Crippen LogP contribution in [-0.4, -0.2) is 17.0 Å². The maximum Gasteiger partial charge on any atom is 0.306 e. The maximum atomic E-state index is 12.8. The van der Waals surface area contributed by atoms with E-state index in [9.17, 15) is 13.6 Å². The summed E-state index contributed by atoms with van der Waals surface area (Å²) in [6, 6.07) is 0. The van der Waals surface area contributed by atoms with Crippen LogP contribution in [0.3, 0.4) is 0 Å². The maximum absolute atomic E-state index is 12.8. The van der Waals surface area contributed by atoms with Crippen LogP contribution < -0.4 is 0 Å². The van der Waals surface area contributed by atoms with Crippen LogP contribution >= 0.6 is 0 Å². The number of hydrogen-bond acceptors (Lipinski definition) is 1. The number of carbonyl (C=O) groups is 1. The fourth-order valence-electron chi connectivity index (χ4n) is 2.76. The quantitative estimate of drug-likeness (QED) is 0.687. The molecule has 74 valence electrons. The normalized spacial score (nSPS) is 37.7. The Morgan fingerprint density at radius 2 is 1.69 bits per heavy atom. The van der Waals surface area contributed by atoms with Crippen LogP contribution in [0.2, 0.25) is 0 Å². The Hall–Kier alpha value is -0.670. The molecule has 4 heteroatoms. The highest BCUT2D eigenvalue weighted by molar-refractivity contribution is 5.70. The van der Waals surface area contributed by atoms with Gasteiger partial charge in [-0.25, -0.2) is 8.78 Å². The standard InChI is InChI=1S/C9H12F2O2/c10-9(11)3-6-1-5(8(12)13)2-7(6)4-9/h5-7H,1-4H2,(H,12,13)/t6-,7-/m0/s1. The van der Waals surface area contributed by atoms with Crippen molar-refractivity contribution in [2.24, 2.45) is 17.8 Å². The molecule has 13 heavy (non-hydrogen) atoms. The average Bonchev–Trinajstić information content (AvgIpc) is 2.39. The van der Waals surface area contributed by atoms with E-state index < -0.39 is 11.9 Å². The van der Waals surface area contributed by atoms with E-state index in [4.69, 9.17) is 5.11 Å². The van der Waals surface area contributed by atoms with E-state index in [1.54, 1.807) is 0 Å². The van der Waals surface area contributed by atoms with Crippen molar-refractivity contribution in [3.05, 3.63) is 0 Å². The van der Waals surface area contributed by atoms with E-state index >= 15 is 0 Å². The second kappa shape index (κ2) is 2.66. The van der Waals surface area contributed by atoms with Crippen molar-refractivity contribution in [1.82, 2.24) is 0 Å². The van der Waals surface area contributed by atoms with E-state index in [-0.39, 0.29) is 30.6 Å². The highest BCUT2D eigenvalue weighted by Gasteiger charge is 2.51. The van der Waals surface area contributed by atoms with Crippen molar-refractivity contribution in [3.63, 3.8) is 0 Å². The van der Waals surface area contributed by atoms with Crippen molar-refractivity contribution in [1.29, 1.82) is 0 Å². The van der Waals surface area contributed by atoms with Crippen molar-refractivity contribution in [3.8, 4) is 0 Å². The molecular weight excluding hydrogens is 178 g/mol. The van der Waals surface area contributed by atoms with Crippen LogP contribution in [0.15, 0.2) is 0 Å². The van der Waals surface area contributed by atoms with Gasteiger partial charge in [0.15, 0.2) is 0 Å². The first-order valence-electron chi connectivity index (χ1n) is 4.58. The van der Waals surface area contributed by atoms with E-state index in [0.717, 1.165) is 0 Å². The topological polar surface area (TPSA) is 37.3 Å². The Balaban J connectivity index is 2.01. The molecule has 0 heterocycles. The van der Waals surface area contributed by atoms with Crippen LogP contribution in [0.4, 0.5) is 8.78 Å². The summed E-state index contributed by atoms with van der Waals surface area (Å²) in [6.45, 7) is 0. The molecule has 2 saturated carbocycles. The van der Waals surface area contributed by atoms with Gasteiger partial charge < -0.3 is 5.11 Å². The number of hydrogen-bond donors (Lipinski definition) is 1. The SMILES string of the molecule is O=C(O)C1C[C@H]2CC(F)(F)C[C@@H]2C1. The molecule has 2 aliphatic carbocycles. The third kappa shape index (κ3) is 1.54. The zero-order valence-electron chi connectivity index (χ0n) is 7.17. The second-order valence-electron chi connectivity index (χ2n) is 4.29. The molecule has 0 amide bonds. The molecular formula is C9H12F2O2.